The van der Waals surface area contributed by atoms with Crippen LogP contribution in [0.5, 0.6) is 0 Å². The molecule has 0 radical (unpaired) electrons. The number of rotatable bonds is 3. The fraction of sp³-hybridized carbons (Fsp3) is 0.786. The quantitative estimate of drug-likeness (QED) is 0.804. The summed E-state index contributed by atoms with van der Waals surface area (Å²) in [4.78, 5) is 38.5. The van der Waals surface area contributed by atoms with Crippen molar-refractivity contribution in [1.82, 2.24) is 9.80 Å². The van der Waals surface area contributed by atoms with Crippen molar-refractivity contribution in [2.24, 2.45) is 17.1 Å². The molecule has 0 saturated carbocycles. The van der Waals surface area contributed by atoms with Gasteiger partial charge in [-0.2, -0.15) is 0 Å². The molecule has 1 aliphatic rings. The highest BCUT2D eigenvalue weighted by Crippen LogP contribution is 2.24. The van der Waals surface area contributed by atoms with Crippen LogP contribution in [-0.4, -0.2) is 54.2 Å². The number of piperidine rings is 1. The summed E-state index contributed by atoms with van der Waals surface area (Å²) in [5.41, 5.74) is 4.66. The van der Waals surface area contributed by atoms with Gasteiger partial charge in [0.1, 0.15) is 0 Å². The van der Waals surface area contributed by atoms with Crippen molar-refractivity contribution >= 4 is 17.7 Å². The minimum Gasteiger partial charge on any atom is -0.368 e. The molecular weight excluding hydrogens is 258 g/mol. The average molecular weight is 283 g/mol. The topological polar surface area (TPSA) is 83.7 Å². The van der Waals surface area contributed by atoms with Gasteiger partial charge in [-0.25, -0.2) is 0 Å². The van der Waals surface area contributed by atoms with Crippen molar-refractivity contribution in [3.63, 3.8) is 0 Å². The predicted octanol–water partition coefficient (Wildman–Crippen LogP) is 0.215. The molecular formula is C14H25N3O3. The van der Waals surface area contributed by atoms with Gasteiger partial charge < -0.3 is 15.5 Å². The Kier molecular flexibility index (Phi) is 5.14. The zero-order valence-electron chi connectivity index (χ0n) is 12.8. The summed E-state index contributed by atoms with van der Waals surface area (Å²) in [6.07, 6.45) is 1.55. The highest BCUT2D eigenvalue weighted by molar-refractivity contribution is 5.86. The monoisotopic (exact) mass is 283 g/mol. The van der Waals surface area contributed by atoms with Crippen LogP contribution < -0.4 is 5.73 Å². The number of primary amides is 1. The lowest BCUT2D eigenvalue weighted by molar-refractivity contribution is -0.145. The highest BCUT2D eigenvalue weighted by atomic mass is 16.2. The molecule has 3 amide bonds. The first-order chi connectivity index (χ1) is 9.12. The predicted molar refractivity (Wildman–Crippen MR) is 75.6 cm³/mol. The molecule has 20 heavy (non-hydrogen) atoms. The van der Waals surface area contributed by atoms with Crippen molar-refractivity contribution in [3.05, 3.63) is 0 Å². The van der Waals surface area contributed by atoms with Crippen LogP contribution in [-0.2, 0) is 14.4 Å². The summed E-state index contributed by atoms with van der Waals surface area (Å²) in [6, 6.07) is 0. The number of carbonyl (C=O) groups is 3. The van der Waals surface area contributed by atoms with Crippen LogP contribution in [0.4, 0.5) is 0 Å². The van der Waals surface area contributed by atoms with Crippen molar-refractivity contribution in [2.75, 3.05) is 26.7 Å². The summed E-state index contributed by atoms with van der Waals surface area (Å²) >= 11 is 0. The maximum Gasteiger partial charge on any atom is 0.237 e. The highest BCUT2D eigenvalue weighted by Gasteiger charge is 2.34. The van der Waals surface area contributed by atoms with E-state index >= 15 is 0 Å². The second-order valence-corrected chi connectivity index (χ2v) is 6.50. The van der Waals surface area contributed by atoms with Crippen molar-refractivity contribution in [1.29, 1.82) is 0 Å². The standard InChI is InChI=1S/C14H25N3O3/c1-14(2,3)13(20)17-7-5-6-10(8-17)12(19)16(4)9-11(15)18/h10H,5-9H2,1-4H3,(H2,15,18). The van der Waals surface area contributed by atoms with Crippen LogP contribution in [0, 0.1) is 11.3 Å². The van der Waals surface area contributed by atoms with Crippen molar-refractivity contribution in [2.45, 2.75) is 33.6 Å². The third-order valence-electron chi connectivity index (χ3n) is 3.47. The number of hydrogen-bond acceptors (Lipinski definition) is 3. The fourth-order valence-corrected chi connectivity index (χ4v) is 2.46. The van der Waals surface area contributed by atoms with E-state index in [1.807, 2.05) is 20.8 Å². The van der Waals surface area contributed by atoms with Gasteiger partial charge in [0.15, 0.2) is 0 Å². The smallest absolute Gasteiger partial charge is 0.237 e. The minimum absolute atomic E-state index is 0.0626. The lowest BCUT2D eigenvalue weighted by Gasteiger charge is -2.36. The zero-order chi connectivity index (χ0) is 15.5. The first-order valence-corrected chi connectivity index (χ1v) is 6.95. The molecule has 1 atom stereocenters. The van der Waals surface area contributed by atoms with Gasteiger partial charge in [-0.15, -0.1) is 0 Å². The maximum atomic E-state index is 12.3. The van der Waals surface area contributed by atoms with Crippen LogP contribution in [0.25, 0.3) is 0 Å². The first kappa shape index (κ1) is 16.5. The van der Waals surface area contributed by atoms with Gasteiger partial charge in [0, 0.05) is 25.6 Å². The number of amides is 3. The molecule has 2 N–H and O–H groups in total. The summed E-state index contributed by atoms with van der Waals surface area (Å²) < 4.78 is 0. The van der Waals surface area contributed by atoms with E-state index in [-0.39, 0.29) is 24.3 Å². The molecule has 0 aromatic carbocycles. The van der Waals surface area contributed by atoms with Gasteiger partial charge in [0.25, 0.3) is 0 Å². The van der Waals surface area contributed by atoms with E-state index in [0.717, 1.165) is 12.8 Å². The Balaban J connectivity index is 2.67. The van der Waals surface area contributed by atoms with Gasteiger partial charge in [-0.3, -0.25) is 14.4 Å². The number of carbonyl (C=O) groups excluding carboxylic acids is 3. The van der Waals surface area contributed by atoms with E-state index in [1.165, 1.54) is 4.90 Å². The Bertz CT molecular complexity index is 401. The molecule has 0 aromatic rings. The molecule has 114 valence electrons. The molecule has 1 fully saturated rings. The lowest BCUT2D eigenvalue weighted by atomic mass is 9.90. The normalized spacial score (nSPS) is 19.6. The van der Waals surface area contributed by atoms with Crippen LogP contribution in [0.15, 0.2) is 0 Å². The second-order valence-electron chi connectivity index (χ2n) is 6.50. The Morgan fingerprint density at radius 1 is 1.30 bits per heavy atom. The van der Waals surface area contributed by atoms with E-state index in [9.17, 15) is 14.4 Å². The number of likely N-dealkylation sites (N-methyl/N-ethyl adjacent to an activating group) is 1. The number of likely N-dealkylation sites (tertiary alicyclic amines) is 1. The van der Waals surface area contributed by atoms with E-state index in [0.29, 0.717) is 13.1 Å². The Labute approximate surface area is 120 Å². The minimum atomic E-state index is -0.528. The molecule has 0 bridgehead atoms. The lowest BCUT2D eigenvalue weighted by Crippen LogP contribution is -2.49. The number of nitrogens with zero attached hydrogens (tertiary/aromatic N) is 2. The summed E-state index contributed by atoms with van der Waals surface area (Å²) in [6.45, 7) is 6.67. The van der Waals surface area contributed by atoms with Crippen molar-refractivity contribution < 1.29 is 14.4 Å². The molecule has 1 saturated heterocycles. The molecule has 1 aliphatic heterocycles. The Morgan fingerprint density at radius 2 is 1.90 bits per heavy atom. The van der Waals surface area contributed by atoms with Crippen LogP contribution >= 0.6 is 0 Å². The second kappa shape index (κ2) is 6.24. The van der Waals surface area contributed by atoms with Gasteiger partial charge in [0.05, 0.1) is 12.5 Å². The Hall–Kier alpha value is -1.59. The van der Waals surface area contributed by atoms with Gasteiger partial charge in [-0.1, -0.05) is 20.8 Å². The van der Waals surface area contributed by atoms with Crippen molar-refractivity contribution in [3.8, 4) is 0 Å². The molecule has 0 aliphatic carbocycles. The summed E-state index contributed by atoms with van der Waals surface area (Å²) in [5.74, 6) is -0.818. The van der Waals surface area contributed by atoms with E-state index in [1.54, 1.807) is 11.9 Å². The Morgan fingerprint density at radius 3 is 2.40 bits per heavy atom. The van der Waals surface area contributed by atoms with Gasteiger partial charge in [-0.05, 0) is 12.8 Å². The molecule has 6 nitrogen and oxygen atoms in total. The third kappa shape index (κ3) is 4.21. The van der Waals surface area contributed by atoms with Gasteiger partial charge in [0.2, 0.25) is 17.7 Å². The van der Waals surface area contributed by atoms with E-state index in [2.05, 4.69) is 0 Å². The summed E-state index contributed by atoms with van der Waals surface area (Å²) in [5, 5.41) is 0. The maximum absolute atomic E-state index is 12.3. The first-order valence-electron chi connectivity index (χ1n) is 6.95. The summed E-state index contributed by atoms with van der Waals surface area (Å²) in [7, 11) is 1.57. The van der Waals surface area contributed by atoms with Crippen LogP contribution in [0.1, 0.15) is 33.6 Å². The van der Waals surface area contributed by atoms with Crippen LogP contribution in [0.2, 0.25) is 0 Å². The molecule has 6 heteroatoms. The molecule has 1 heterocycles. The van der Waals surface area contributed by atoms with E-state index in [4.69, 9.17) is 5.73 Å². The molecule has 1 unspecified atom stereocenters. The third-order valence-corrected chi connectivity index (χ3v) is 3.47. The zero-order valence-corrected chi connectivity index (χ0v) is 12.8. The SMILES string of the molecule is CN(CC(N)=O)C(=O)C1CCCN(C(=O)C(C)(C)C)C1. The average Bonchev–Trinajstić information content (AvgIpc) is 2.35. The largest absolute Gasteiger partial charge is 0.368 e. The van der Waals surface area contributed by atoms with E-state index < -0.39 is 11.3 Å². The number of hydrogen-bond donors (Lipinski definition) is 1. The number of nitrogens with two attached hydrogens (primary N) is 1. The molecule has 1 rings (SSSR count). The molecule has 0 aromatic heterocycles. The van der Waals surface area contributed by atoms with Gasteiger partial charge >= 0.3 is 0 Å². The fourth-order valence-electron chi connectivity index (χ4n) is 2.46. The van der Waals surface area contributed by atoms with Crippen LogP contribution in [0.3, 0.4) is 0 Å². The molecule has 0 spiro atoms.